The highest BCUT2D eigenvalue weighted by Crippen LogP contribution is 2.24. The number of likely N-dealkylation sites (N-methyl/N-ethyl adjacent to an activating group) is 1. The molecule has 3 N–H and O–H groups in total. The summed E-state index contributed by atoms with van der Waals surface area (Å²) in [5.41, 5.74) is 1.00. The predicted octanol–water partition coefficient (Wildman–Crippen LogP) is 1.04. The molecule has 1 aromatic carbocycles. The summed E-state index contributed by atoms with van der Waals surface area (Å²) >= 11 is 1.62. The van der Waals surface area contributed by atoms with E-state index in [1.807, 2.05) is 24.3 Å². The molecule has 18 heavy (non-hydrogen) atoms. The molecule has 0 saturated carbocycles. The van der Waals surface area contributed by atoms with Crippen molar-refractivity contribution in [3.8, 4) is 0 Å². The Labute approximate surface area is 110 Å². The van der Waals surface area contributed by atoms with Crippen LogP contribution in [-0.4, -0.2) is 37.6 Å². The molecule has 96 valence electrons. The summed E-state index contributed by atoms with van der Waals surface area (Å²) in [4.78, 5) is 15.6. The Kier molecular flexibility index (Phi) is 4.49. The predicted molar refractivity (Wildman–Crippen MR) is 75.0 cm³/mol. The van der Waals surface area contributed by atoms with Crippen LogP contribution in [0.15, 0.2) is 24.3 Å². The Morgan fingerprint density at radius 1 is 1.33 bits per heavy atom. The van der Waals surface area contributed by atoms with E-state index in [0.29, 0.717) is 19.6 Å². The fourth-order valence-electron chi connectivity index (χ4n) is 1.54. The van der Waals surface area contributed by atoms with Crippen molar-refractivity contribution in [1.29, 1.82) is 0 Å². The normalized spacial score (nSPS) is 10.5. The third-order valence-corrected chi connectivity index (χ3v) is 3.35. The lowest BCUT2D eigenvalue weighted by Gasteiger charge is -2.04. The molecule has 5 nitrogen and oxygen atoms in total. The first-order valence-electron chi connectivity index (χ1n) is 5.80. The number of hydrogen-bond acceptors (Lipinski definition) is 5. The van der Waals surface area contributed by atoms with Gasteiger partial charge in [-0.3, -0.25) is 4.79 Å². The van der Waals surface area contributed by atoms with Gasteiger partial charge < -0.3 is 16.0 Å². The van der Waals surface area contributed by atoms with Crippen molar-refractivity contribution in [2.24, 2.45) is 0 Å². The van der Waals surface area contributed by atoms with Crippen LogP contribution >= 0.6 is 11.3 Å². The lowest BCUT2D eigenvalue weighted by Crippen LogP contribution is -2.35. The first kappa shape index (κ1) is 12.8. The molecule has 0 aliphatic carbocycles. The number of amides is 1. The van der Waals surface area contributed by atoms with Gasteiger partial charge >= 0.3 is 0 Å². The molecule has 0 saturated heterocycles. The van der Waals surface area contributed by atoms with Gasteiger partial charge in [-0.05, 0) is 19.2 Å². The van der Waals surface area contributed by atoms with Crippen molar-refractivity contribution in [2.45, 2.75) is 0 Å². The van der Waals surface area contributed by atoms with Crippen LogP contribution in [0.2, 0.25) is 0 Å². The van der Waals surface area contributed by atoms with Gasteiger partial charge in [-0.15, -0.1) is 0 Å². The van der Waals surface area contributed by atoms with E-state index >= 15 is 0 Å². The largest absolute Gasteiger partial charge is 0.360 e. The number of benzene rings is 1. The quantitative estimate of drug-likeness (QED) is 0.682. The van der Waals surface area contributed by atoms with Gasteiger partial charge in [0.15, 0.2) is 5.13 Å². The van der Waals surface area contributed by atoms with Gasteiger partial charge in [0.1, 0.15) is 0 Å². The molecule has 0 spiro atoms. The monoisotopic (exact) mass is 264 g/mol. The summed E-state index contributed by atoms with van der Waals surface area (Å²) in [6.45, 7) is 1.62. The fourth-order valence-corrected chi connectivity index (χ4v) is 2.43. The molecule has 2 aromatic rings. The number of hydrogen-bond donors (Lipinski definition) is 3. The van der Waals surface area contributed by atoms with Crippen molar-refractivity contribution in [1.82, 2.24) is 15.6 Å². The van der Waals surface area contributed by atoms with Crippen LogP contribution in [0, 0.1) is 0 Å². The van der Waals surface area contributed by atoms with E-state index in [1.165, 1.54) is 4.70 Å². The fraction of sp³-hybridized carbons (Fsp3) is 0.333. The summed E-state index contributed by atoms with van der Waals surface area (Å²) in [5.74, 6) is 0.00333. The van der Waals surface area contributed by atoms with Gasteiger partial charge in [0, 0.05) is 13.1 Å². The molecule has 0 radical (unpaired) electrons. The topological polar surface area (TPSA) is 66.1 Å². The molecule has 0 atom stereocenters. The first-order valence-corrected chi connectivity index (χ1v) is 6.62. The van der Waals surface area contributed by atoms with Crippen molar-refractivity contribution in [3.63, 3.8) is 0 Å². The second-order valence-corrected chi connectivity index (χ2v) is 4.82. The summed E-state index contributed by atoms with van der Waals surface area (Å²) < 4.78 is 1.17. The average Bonchev–Trinajstić information content (AvgIpc) is 2.77. The van der Waals surface area contributed by atoms with Crippen LogP contribution in [0.3, 0.4) is 0 Å². The molecule has 0 aliphatic rings. The zero-order valence-electron chi connectivity index (χ0n) is 10.2. The number of fused-ring (bicyclic) bond motifs is 1. The van der Waals surface area contributed by atoms with Crippen LogP contribution < -0.4 is 16.0 Å². The van der Waals surface area contributed by atoms with Gasteiger partial charge in [0.05, 0.1) is 16.8 Å². The van der Waals surface area contributed by atoms with E-state index in [4.69, 9.17) is 0 Å². The van der Waals surface area contributed by atoms with Crippen LogP contribution in [0.25, 0.3) is 10.2 Å². The van der Waals surface area contributed by atoms with E-state index in [0.717, 1.165) is 10.6 Å². The van der Waals surface area contributed by atoms with Crippen molar-refractivity contribution >= 4 is 32.6 Å². The van der Waals surface area contributed by atoms with E-state index < -0.39 is 0 Å². The second-order valence-electron chi connectivity index (χ2n) is 3.79. The maximum absolute atomic E-state index is 11.2. The lowest BCUT2D eigenvalue weighted by molar-refractivity contribution is -0.120. The molecule has 1 amide bonds. The van der Waals surface area contributed by atoms with Gasteiger partial charge in [0.25, 0.3) is 0 Å². The average molecular weight is 264 g/mol. The molecular formula is C12H16N4OS. The molecule has 0 bridgehead atoms. The Bertz CT molecular complexity index is 493. The molecule has 1 heterocycles. The Balaban J connectivity index is 1.78. The number of carbonyl (C=O) groups is 1. The molecule has 1 aromatic heterocycles. The Hall–Kier alpha value is -1.66. The van der Waals surface area contributed by atoms with E-state index in [-0.39, 0.29) is 5.91 Å². The van der Waals surface area contributed by atoms with E-state index in [2.05, 4.69) is 20.9 Å². The molecular weight excluding hydrogens is 248 g/mol. The zero-order chi connectivity index (χ0) is 12.8. The highest BCUT2D eigenvalue weighted by Gasteiger charge is 2.02. The molecule has 6 heteroatoms. The number of thiazole rings is 1. The third-order valence-electron chi connectivity index (χ3n) is 2.35. The maximum Gasteiger partial charge on any atom is 0.234 e. The van der Waals surface area contributed by atoms with E-state index in [9.17, 15) is 4.79 Å². The summed E-state index contributed by atoms with van der Waals surface area (Å²) in [6.07, 6.45) is 0. The minimum absolute atomic E-state index is 0.00333. The molecule has 0 unspecified atom stereocenters. The summed E-state index contributed by atoms with van der Waals surface area (Å²) in [5, 5.41) is 9.69. The first-order chi connectivity index (χ1) is 8.79. The van der Waals surface area contributed by atoms with Gasteiger partial charge in [0.2, 0.25) is 5.91 Å². The van der Waals surface area contributed by atoms with Crippen LogP contribution in [0.4, 0.5) is 5.13 Å². The summed E-state index contributed by atoms with van der Waals surface area (Å²) in [6, 6.07) is 8.02. The second kappa shape index (κ2) is 6.32. The van der Waals surface area contributed by atoms with Crippen LogP contribution in [-0.2, 0) is 4.79 Å². The minimum atomic E-state index is 0.00333. The van der Waals surface area contributed by atoms with Gasteiger partial charge in [-0.2, -0.15) is 0 Å². The van der Waals surface area contributed by atoms with Crippen LogP contribution in [0.5, 0.6) is 0 Å². The van der Waals surface area contributed by atoms with Crippen molar-refractivity contribution < 1.29 is 4.79 Å². The summed E-state index contributed by atoms with van der Waals surface area (Å²) in [7, 11) is 1.75. The Morgan fingerprint density at radius 3 is 2.94 bits per heavy atom. The van der Waals surface area contributed by atoms with Crippen molar-refractivity contribution in [3.05, 3.63) is 24.3 Å². The SMILES string of the molecule is CNCC(=O)NCCNc1nc2ccccc2s1. The number of carbonyl (C=O) groups excluding carboxylic acids is 1. The van der Waals surface area contributed by atoms with E-state index in [1.54, 1.807) is 18.4 Å². The smallest absolute Gasteiger partial charge is 0.234 e. The third kappa shape index (κ3) is 3.41. The highest BCUT2D eigenvalue weighted by atomic mass is 32.1. The molecule has 0 aliphatic heterocycles. The van der Waals surface area contributed by atoms with Gasteiger partial charge in [-0.1, -0.05) is 23.5 Å². The number of para-hydroxylation sites is 1. The minimum Gasteiger partial charge on any atom is -0.360 e. The number of rotatable bonds is 6. The number of aromatic nitrogens is 1. The van der Waals surface area contributed by atoms with Crippen LogP contribution in [0.1, 0.15) is 0 Å². The molecule has 0 fully saturated rings. The number of nitrogens with zero attached hydrogens (tertiary/aromatic N) is 1. The zero-order valence-corrected chi connectivity index (χ0v) is 11.0. The highest BCUT2D eigenvalue weighted by molar-refractivity contribution is 7.22. The Morgan fingerprint density at radius 2 is 2.17 bits per heavy atom. The van der Waals surface area contributed by atoms with Crippen molar-refractivity contribution in [2.75, 3.05) is 32.0 Å². The number of nitrogens with one attached hydrogen (secondary N) is 3. The maximum atomic E-state index is 11.2. The van der Waals surface area contributed by atoms with Gasteiger partial charge in [-0.25, -0.2) is 4.98 Å². The standard InChI is InChI=1S/C12H16N4OS/c1-13-8-11(17)14-6-7-15-12-16-9-4-2-3-5-10(9)18-12/h2-5,13H,6-8H2,1H3,(H,14,17)(H,15,16). The molecule has 2 rings (SSSR count). The lowest BCUT2D eigenvalue weighted by atomic mass is 10.3. The number of anilines is 1.